The van der Waals surface area contributed by atoms with Gasteiger partial charge in [-0.25, -0.2) is 0 Å². The van der Waals surface area contributed by atoms with Crippen molar-refractivity contribution in [1.29, 1.82) is 0 Å². The molecular weight excluding hydrogens is 396 g/mol. The van der Waals surface area contributed by atoms with Gasteiger partial charge in [-0.2, -0.15) is 11.8 Å². The predicted molar refractivity (Wildman–Crippen MR) is 124 cm³/mol. The molecule has 2 rings (SSSR count). The average molecular weight is 429 g/mol. The molecule has 1 atom stereocenters. The lowest BCUT2D eigenvalue weighted by Gasteiger charge is -2.18. The van der Waals surface area contributed by atoms with Crippen molar-refractivity contribution in [2.24, 2.45) is 0 Å². The van der Waals surface area contributed by atoms with Gasteiger partial charge >= 0.3 is 0 Å². The third kappa shape index (κ3) is 8.20. The van der Waals surface area contributed by atoms with Crippen LogP contribution in [0, 0.1) is 6.92 Å². The maximum absolute atomic E-state index is 12.8. The quantitative estimate of drug-likeness (QED) is 0.566. The molecule has 2 aromatic rings. The molecule has 0 bridgehead atoms. The van der Waals surface area contributed by atoms with Crippen LogP contribution in [0.15, 0.2) is 48.5 Å². The molecule has 0 aromatic heterocycles. The van der Waals surface area contributed by atoms with Crippen molar-refractivity contribution >= 4 is 23.6 Å². The minimum Gasteiger partial charge on any atom is -0.374 e. The fraction of sp³-hybridized carbons (Fsp3) is 0.417. The smallest absolute Gasteiger partial charge is 0.251 e. The summed E-state index contributed by atoms with van der Waals surface area (Å²) in [6.45, 7) is 6.90. The van der Waals surface area contributed by atoms with Crippen molar-refractivity contribution in [1.82, 2.24) is 10.6 Å². The van der Waals surface area contributed by atoms with Crippen LogP contribution in [-0.4, -0.2) is 36.0 Å². The standard InChI is InChI=1S/C24H32N2O3S/c1-17(2)29-16-20-9-6-8-19(14-20)15-25-24(28)22(11-12-30-4)26-23(27)21-10-5-7-18(3)13-21/h5-10,13-14,17,22H,11-12,15-16H2,1-4H3,(H,25,28)(H,26,27). The van der Waals surface area contributed by atoms with Crippen molar-refractivity contribution in [3.63, 3.8) is 0 Å². The molecule has 0 spiro atoms. The molecule has 1 unspecified atom stereocenters. The van der Waals surface area contributed by atoms with E-state index in [2.05, 4.69) is 10.6 Å². The summed E-state index contributed by atoms with van der Waals surface area (Å²) in [6.07, 6.45) is 2.73. The van der Waals surface area contributed by atoms with Crippen LogP contribution in [0.3, 0.4) is 0 Å². The summed E-state index contributed by atoms with van der Waals surface area (Å²) in [5, 5.41) is 5.86. The highest BCUT2D eigenvalue weighted by Gasteiger charge is 2.21. The lowest BCUT2D eigenvalue weighted by atomic mass is 10.1. The number of carbonyl (C=O) groups excluding carboxylic acids is 2. The van der Waals surface area contributed by atoms with E-state index in [9.17, 15) is 9.59 Å². The minimum absolute atomic E-state index is 0.169. The van der Waals surface area contributed by atoms with E-state index in [1.54, 1.807) is 17.8 Å². The van der Waals surface area contributed by atoms with Crippen LogP contribution >= 0.6 is 11.8 Å². The fourth-order valence-corrected chi connectivity index (χ4v) is 3.41. The van der Waals surface area contributed by atoms with Gasteiger partial charge in [-0.1, -0.05) is 42.0 Å². The lowest BCUT2D eigenvalue weighted by molar-refractivity contribution is -0.123. The largest absolute Gasteiger partial charge is 0.374 e. The molecular formula is C24H32N2O3S. The highest BCUT2D eigenvalue weighted by Crippen LogP contribution is 2.10. The van der Waals surface area contributed by atoms with Gasteiger partial charge in [-0.3, -0.25) is 9.59 Å². The number of thioether (sulfide) groups is 1. The van der Waals surface area contributed by atoms with E-state index in [0.717, 1.165) is 22.4 Å². The van der Waals surface area contributed by atoms with Crippen LogP contribution in [0.4, 0.5) is 0 Å². The van der Waals surface area contributed by atoms with E-state index in [1.807, 2.05) is 69.5 Å². The Labute approximate surface area is 184 Å². The number of amides is 2. The van der Waals surface area contributed by atoms with Crippen LogP contribution in [-0.2, 0) is 22.7 Å². The Balaban J connectivity index is 1.98. The zero-order valence-corrected chi connectivity index (χ0v) is 19.1. The number of carbonyl (C=O) groups is 2. The summed E-state index contributed by atoms with van der Waals surface area (Å²) in [5.41, 5.74) is 3.65. The second kappa shape index (κ2) is 12.4. The molecule has 0 fully saturated rings. The summed E-state index contributed by atoms with van der Waals surface area (Å²) >= 11 is 1.65. The Morgan fingerprint density at radius 3 is 2.50 bits per heavy atom. The number of benzene rings is 2. The van der Waals surface area contributed by atoms with E-state index in [1.165, 1.54) is 0 Å². The maximum atomic E-state index is 12.8. The van der Waals surface area contributed by atoms with Crippen molar-refractivity contribution in [3.05, 3.63) is 70.8 Å². The Bertz CT molecular complexity index is 839. The normalized spacial score (nSPS) is 11.9. The van der Waals surface area contributed by atoms with Gasteiger partial charge in [0.1, 0.15) is 6.04 Å². The molecule has 2 amide bonds. The van der Waals surface area contributed by atoms with Gasteiger partial charge in [0.2, 0.25) is 5.91 Å². The zero-order chi connectivity index (χ0) is 21.9. The number of hydrogen-bond acceptors (Lipinski definition) is 4. The summed E-state index contributed by atoms with van der Waals surface area (Å²) in [7, 11) is 0. The molecule has 0 aliphatic heterocycles. The van der Waals surface area contributed by atoms with E-state index in [-0.39, 0.29) is 17.9 Å². The first kappa shape index (κ1) is 24.0. The molecule has 6 heteroatoms. The van der Waals surface area contributed by atoms with Crippen molar-refractivity contribution < 1.29 is 14.3 Å². The summed E-state index contributed by atoms with van der Waals surface area (Å²) in [5.74, 6) is 0.385. The number of aryl methyl sites for hydroxylation is 1. The molecule has 2 aromatic carbocycles. The fourth-order valence-electron chi connectivity index (χ4n) is 2.94. The van der Waals surface area contributed by atoms with Gasteiger partial charge < -0.3 is 15.4 Å². The molecule has 2 N–H and O–H groups in total. The number of rotatable bonds is 11. The van der Waals surface area contributed by atoms with Gasteiger partial charge in [0.25, 0.3) is 5.91 Å². The Kier molecular flexibility index (Phi) is 9.91. The molecule has 0 saturated heterocycles. The number of hydrogen-bond donors (Lipinski definition) is 2. The molecule has 0 radical (unpaired) electrons. The van der Waals surface area contributed by atoms with Gasteiger partial charge in [0.15, 0.2) is 0 Å². The summed E-state index contributed by atoms with van der Waals surface area (Å²) in [6, 6.07) is 14.8. The van der Waals surface area contributed by atoms with E-state index in [0.29, 0.717) is 25.1 Å². The van der Waals surface area contributed by atoms with Crippen LogP contribution in [0.1, 0.15) is 47.3 Å². The first-order chi connectivity index (χ1) is 14.4. The molecule has 0 aliphatic rings. The van der Waals surface area contributed by atoms with E-state index < -0.39 is 6.04 Å². The first-order valence-corrected chi connectivity index (χ1v) is 11.6. The van der Waals surface area contributed by atoms with E-state index >= 15 is 0 Å². The maximum Gasteiger partial charge on any atom is 0.251 e. The first-order valence-electron chi connectivity index (χ1n) is 10.2. The molecule has 0 aliphatic carbocycles. The minimum atomic E-state index is -0.571. The van der Waals surface area contributed by atoms with Gasteiger partial charge in [0.05, 0.1) is 12.7 Å². The molecule has 0 heterocycles. The second-order valence-corrected chi connectivity index (χ2v) is 8.56. The number of ether oxygens (including phenoxy) is 1. The van der Waals surface area contributed by atoms with Gasteiger partial charge in [-0.05, 0) is 62.5 Å². The second-order valence-electron chi connectivity index (χ2n) is 7.57. The van der Waals surface area contributed by atoms with E-state index in [4.69, 9.17) is 4.74 Å². The van der Waals surface area contributed by atoms with Crippen LogP contribution in [0.5, 0.6) is 0 Å². The monoisotopic (exact) mass is 428 g/mol. The highest BCUT2D eigenvalue weighted by molar-refractivity contribution is 7.98. The lowest BCUT2D eigenvalue weighted by Crippen LogP contribution is -2.46. The van der Waals surface area contributed by atoms with Gasteiger partial charge in [0, 0.05) is 12.1 Å². The molecule has 162 valence electrons. The average Bonchev–Trinajstić information content (AvgIpc) is 2.73. The van der Waals surface area contributed by atoms with Crippen molar-refractivity contribution in [2.45, 2.75) is 52.5 Å². The van der Waals surface area contributed by atoms with Crippen LogP contribution < -0.4 is 10.6 Å². The Hall–Kier alpha value is -2.31. The van der Waals surface area contributed by atoms with Crippen LogP contribution in [0.25, 0.3) is 0 Å². The summed E-state index contributed by atoms with van der Waals surface area (Å²) in [4.78, 5) is 25.4. The summed E-state index contributed by atoms with van der Waals surface area (Å²) < 4.78 is 5.65. The zero-order valence-electron chi connectivity index (χ0n) is 18.2. The highest BCUT2D eigenvalue weighted by atomic mass is 32.2. The molecule has 30 heavy (non-hydrogen) atoms. The SMILES string of the molecule is CSCCC(NC(=O)c1cccc(C)c1)C(=O)NCc1cccc(COC(C)C)c1. The molecule has 5 nitrogen and oxygen atoms in total. The Morgan fingerprint density at radius 1 is 1.07 bits per heavy atom. The predicted octanol–water partition coefficient (Wildman–Crippen LogP) is 4.09. The topological polar surface area (TPSA) is 67.4 Å². The third-order valence-corrected chi connectivity index (χ3v) is 5.20. The Morgan fingerprint density at radius 2 is 1.80 bits per heavy atom. The van der Waals surface area contributed by atoms with Crippen molar-refractivity contribution in [2.75, 3.05) is 12.0 Å². The number of nitrogens with one attached hydrogen (secondary N) is 2. The van der Waals surface area contributed by atoms with Gasteiger partial charge in [-0.15, -0.1) is 0 Å². The molecule has 0 saturated carbocycles. The third-order valence-electron chi connectivity index (χ3n) is 4.55. The van der Waals surface area contributed by atoms with Crippen LogP contribution in [0.2, 0.25) is 0 Å². The van der Waals surface area contributed by atoms with Crippen molar-refractivity contribution in [3.8, 4) is 0 Å².